The first-order valence-electron chi connectivity index (χ1n) is 13.6. The van der Waals surface area contributed by atoms with Crippen LogP contribution in [0.1, 0.15) is 64.4 Å². The van der Waals surface area contributed by atoms with Crippen LogP contribution in [0.2, 0.25) is 5.02 Å². The van der Waals surface area contributed by atoms with Gasteiger partial charge in [0.15, 0.2) is 0 Å². The standard InChI is InChI=1S/C29H40ClN3O5S/c1-4-38-26-18-16-25(17-19-26)33(39(3,36)37)20-10-15-28(34)32(21-23-11-8-9-14-27(23)30)22(2)29(35)31-24-12-6-5-7-13-24/h8-9,11,14,16-19,22,24H,4-7,10,12-13,15,20-21H2,1-3H3,(H,31,35)/t22-/m0/s1. The van der Waals surface area contributed by atoms with Crippen molar-refractivity contribution in [3.63, 3.8) is 0 Å². The van der Waals surface area contributed by atoms with Gasteiger partial charge < -0.3 is 15.0 Å². The van der Waals surface area contributed by atoms with Gasteiger partial charge >= 0.3 is 0 Å². The zero-order valence-corrected chi connectivity index (χ0v) is 24.6. The molecule has 1 saturated carbocycles. The van der Waals surface area contributed by atoms with E-state index in [1.54, 1.807) is 42.2 Å². The van der Waals surface area contributed by atoms with Crippen LogP contribution < -0.4 is 14.4 Å². The number of halogens is 1. The third kappa shape index (κ3) is 9.14. The number of carbonyl (C=O) groups is 2. The van der Waals surface area contributed by atoms with Crippen molar-refractivity contribution in [1.29, 1.82) is 0 Å². The minimum atomic E-state index is -3.58. The highest BCUT2D eigenvalue weighted by atomic mass is 35.5. The fourth-order valence-electron chi connectivity index (χ4n) is 4.84. The van der Waals surface area contributed by atoms with Gasteiger partial charge in [0.25, 0.3) is 0 Å². The molecule has 1 aliphatic carbocycles. The zero-order valence-electron chi connectivity index (χ0n) is 23.1. The van der Waals surface area contributed by atoms with Crippen molar-refractivity contribution < 1.29 is 22.7 Å². The van der Waals surface area contributed by atoms with Crippen LogP contribution in [0.15, 0.2) is 48.5 Å². The van der Waals surface area contributed by atoms with Gasteiger partial charge in [-0.1, -0.05) is 49.1 Å². The van der Waals surface area contributed by atoms with Gasteiger partial charge in [-0.25, -0.2) is 8.42 Å². The summed E-state index contributed by atoms with van der Waals surface area (Å²) < 4.78 is 31.8. The SMILES string of the molecule is CCOc1ccc(N(CCCC(=O)N(Cc2ccccc2Cl)[C@@H](C)C(=O)NC2CCCCC2)S(C)(=O)=O)cc1. The van der Waals surface area contributed by atoms with Crippen molar-refractivity contribution >= 4 is 39.1 Å². The number of hydrogen-bond donors (Lipinski definition) is 1. The summed E-state index contributed by atoms with van der Waals surface area (Å²) in [7, 11) is -3.58. The molecule has 1 atom stereocenters. The highest BCUT2D eigenvalue weighted by Gasteiger charge is 2.29. The fourth-order valence-corrected chi connectivity index (χ4v) is 6.00. The van der Waals surface area contributed by atoms with E-state index in [0.717, 1.165) is 37.5 Å². The van der Waals surface area contributed by atoms with Crippen molar-refractivity contribution in [1.82, 2.24) is 10.2 Å². The van der Waals surface area contributed by atoms with Gasteiger partial charge in [0, 0.05) is 30.6 Å². The van der Waals surface area contributed by atoms with Crippen molar-refractivity contribution in [2.75, 3.05) is 23.7 Å². The molecule has 8 nitrogen and oxygen atoms in total. The third-order valence-corrected chi connectivity index (χ3v) is 8.57. The van der Waals surface area contributed by atoms with Crippen LogP contribution in [0.5, 0.6) is 5.75 Å². The molecule has 0 unspecified atom stereocenters. The van der Waals surface area contributed by atoms with Crippen LogP contribution in [0.25, 0.3) is 0 Å². The first kappa shape index (κ1) is 30.8. The summed E-state index contributed by atoms with van der Waals surface area (Å²) >= 11 is 6.39. The molecular formula is C29H40ClN3O5S. The Balaban J connectivity index is 1.71. The molecule has 0 aliphatic heterocycles. The largest absolute Gasteiger partial charge is 0.494 e. The number of amides is 2. The zero-order chi connectivity index (χ0) is 28.4. The molecule has 1 aliphatic rings. The number of benzene rings is 2. The monoisotopic (exact) mass is 577 g/mol. The molecule has 2 aromatic carbocycles. The third-order valence-electron chi connectivity index (χ3n) is 7.01. The van der Waals surface area contributed by atoms with E-state index >= 15 is 0 Å². The van der Waals surface area contributed by atoms with Crippen molar-refractivity contribution in [2.45, 2.75) is 77.4 Å². The van der Waals surface area contributed by atoms with E-state index in [1.165, 1.54) is 10.7 Å². The molecule has 214 valence electrons. The Morgan fingerprint density at radius 2 is 1.74 bits per heavy atom. The molecule has 0 heterocycles. The van der Waals surface area contributed by atoms with Crippen molar-refractivity contribution in [3.05, 3.63) is 59.1 Å². The number of ether oxygens (including phenoxy) is 1. The van der Waals surface area contributed by atoms with Gasteiger partial charge in [-0.15, -0.1) is 0 Å². The average Bonchev–Trinajstić information content (AvgIpc) is 2.91. The first-order chi connectivity index (χ1) is 18.6. The van der Waals surface area contributed by atoms with Gasteiger partial charge in [0.2, 0.25) is 21.8 Å². The first-order valence-corrected chi connectivity index (χ1v) is 15.9. The van der Waals surface area contributed by atoms with E-state index in [0.29, 0.717) is 23.1 Å². The van der Waals surface area contributed by atoms with Crippen LogP contribution in [-0.2, 0) is 26.2 Å². The molecule has 0 saturated heterocycles. The Bertz CT molecular complexity index is 1200. The molecule has 1 N–H and O–H groups in total. The topological polar surface area (TPSA) is 96.0 Å². The Morgan fingerprint density at radius 1 is 1.08 bits per heavy atom. The summed E-state index contributed by atoms with van der Waals surface area (Å²) in [4.78, 5) is 28.2. The van der Waals surface area contributed by atoms with Gasteiger partial charge in [-0.05, 0) is 69.0 Å². The minimum absolute atomic E-state index is 0.0779. The molecule has 2 amide bonds. The Hall–Kier alpha value is -2.78. The van der Waals surface area contributed by atoms with Gasteiger partial charge in [0.05, 0.1) is 18.6 Å². The maximum atomic E-state index is 13.5. The smallest absolute Gasteiger partial charge is 0.242 e. The molecule has 39 heavy (non-hydrogen) atoms. The van der Waals surface area contributed by atoms with Crippen LogP contribution in [0.4, 0.5) is 5.69 Å². The second-order valence-corrected chi connectivity index (χ2v) is 12.3. The van der Waals surface area contributed by atoms with Gasteiger partial charge in [0.1, 0.15) is 11.8 Å². The summed E-state index contributed by atoms with van der Waals surface area (Å²) in [5.41, 5.74) is 1.25. The van der Waals surface area contributed by atoms with Gasteiger partial charge in [-0.2, -0.15) is 0 Å². The number of anilines is 1. The molecule has 3 rings (SSSR count). The van der Waals surface area contributed by atoms with E-state index in [1.807, 2.05) is 25.1 Å². The average molecular weight is 578 g/mol. The maximum Gasteiger partial charge on any atom is 0.242 e. The number of nitrogens with one attached hydrogen (secondary N) is 1. The summed E-state index contributed by atoms with van der Waals surface area (Å²) in [5.74, 6) is 0.233. The number of rotatable bonds is 13. The lowest BCUT2D eigenvalue weighted by molar-refractivity contribution is -0.141. The second kappa shape index (κ2) is 14.6. The predicted octanol–water partition coefficient (Wildman–Crippen LogP) is 5.15. The van der Waals surface area contributed by atoms with E-state index in [9.17, 15) is 18.0 Å². The Kier molecular flexibility index (Phi) is 11.5. The maximum absolute atomic E-state index is 13.5. The molecule has 0 bridgehead atoms. The van der Waals surface area contributed by atoms with Gasteiger partial charge in [-0.3, -0.25) is 13.9 Å². The van der Waals surface area contributed by atoms with E-state index in [4.69, 9.17) is 16.3 Å². The molecule has 0 spiro atoms. The van der Waals surface area contributed by atoms with Crippen molar-refractivity contribution in [3.8, 4) is 5.75 Å². The van der Waals surface area contributed by atoms with Crippen LogP contribution >= 0.6 is 11.6 Å². The molecule has 2 aromatic rings. The molecule has 1 fully saturated rings. The molecule has 10 heteroatoms. The number of hydrogen-bond acceptors (Lipinski definition) is 5. The lowest BCUT2D eigenvalue weighted by atomic mass is 9.95. The highest BCUT2D eigenvalue weighted by molar-refractivity contribution is 7.92. The highest BCUT2D eigenvalue weighted by Crippen LogP contribution is 2.24. The van der Waals surface area contributed by atoms with E-state index in [-0.39, 0.29) is 43.8 Å². The van der Waals surface area contributed by atoms with E-state index < -0.39 is 16.1 Å². The fraction of sp³-hybridized carbons (Fsp3) is 0.517. The normalized spacial score (nSPS) is 14.9. The summed E-state index contributed by atoms with van der Waals surface area (Å²) in [6.07, 6.45) is 6.77. The Labute approximate surface area is 237 Å². The number of nitrogens with zero attached hydrogens (tertiary/aromatic N) is 2. The molecule has 0 aromatic heterocycles. The predicted molar refractivity (Wildman–Crippen MR) is 156 cm³/mol. The lowest BCUT2D eigenvalue weighted by Crippen LogP contribution is -2.50. The number of carbonyl (C=O) groups excluding carboxylic acids is 2. The Morgan fingerprint density at radius 3 is 2.36 bits per heavy atom. The van der Waals surface area contributed by atoms with Crippen LogP contribution in [-0.4, -0.2) is 56.6 Å². The summed E-state index contributed by atoms with van der Waals surface area (Å²) in [5, 5.41) is 3.64. The second-order valence-electron chi connectivity index (χ2n) is 10.00. The van der Waals surface area contributed by atoms with E-state index in [2.05, 4.69) is 5.32 Å². The summed E-state index contributed by atoms with van der Waals surface area (Å²) in [6, 6.07) is 13.5. The van der Waals surface area contributed by atoms with Crippen LogP contribution in [0.3, 0.4) is 0 Å². The molecular weight excluding hydrogens is 538 g/mol. The van der Waals surface area contributed by atoms with Crippen molar-refractivity contribution in [2.24, 2.45) is 0 Å². The summed E-state index contributed by atoms with van der Waals surface area (Å²) in [6.45, 7) is 4.44. The molecule has 0 radical (unpaired) electrons. The van der Waals surface area contributed by atoms with Crippen LogP contribution in [0, 0.1) is 0 Å². The quantitative estimate of drug-likeness (QED) is 0.355. The number of sulfonamides is 1. The lowest BCUT2D eigenvalue weighted by Gasteiger charge is -2.31. The minimum Gasteiger partial charge on any atom is -0.494 e.